The Bertz CT molecular complexity index is 639. The lowest BCUT2D eigenvalue weighted by atomic mass is 9.69. The van der Waals surface area contributed by atoms with Crippen molar-refractivity contribution in [1.29, 1.82) is 0 Å². The lowest BCUT2D eigenvalue weighted by Crippen LogP contribution is -2.53. The molecule has 1 aliphatic rings. The molecule has 2 atom stereocenters. The zero-order valence-corrected chi connectivity index (χ0v) is 14.5. The lowest BCUT2D eigenvalue weighted by Gasteiger charge is -2.48. The van der Waals surface area contributed by atoms with Gasteiger partial charge in [-0.1, -0.05) is 77.8 Å². The smallest absolute Gasteiger partial charge is 0.138 e. The highest BCUT2D eigenvalue weighted by Gasteiger charge is 2.48. The molecule has 2 aromatic rings. The number of ether oxygens (including phenoxy) is 1. The van der Waals surface area contributed by atoms with E-state index in [1.807, 2.05) is 30.3 Å². The van der Waals surface area contributed by atoms with E-state index in [1.165, 1.54) is 0 Å². The summed E-state index contributed by atoms with van der Waals surface area (Å²) in [6, 6.07) is 16.2. The number of alkyl halides is 1. The molecular formula is C18H18BrClO. The average Bonchev–Trinajstić information content (AvgIpc) is 2.49. The summed E-state index contributed by atoms with van der Waals surface area (Å²) >= 11 is 10.1. The molecule has 1 aliphatic carbocycles. The van der Waals surface area contributed by atoms with Crippen molar-refractivity contribution in [1.82, 2.24) is 0 Å². The first-order valence-electron chi connectivity index (χ1n) is 7.14. The Hall–Kier alpha value is -0.990. The van der Waals surface area contributed by atoms with Gasteiger partial charge in [-0.3, -0.25) is 0 Å². The molecule has 3 rings (SSSR count). The molecule has 1 fully saturated rings. The van der Waals surface area contributed by atoms with Crippen molar-refractivity contribution in [2.45, 2.75) is 31.2 Å². The molecule has 0 spiro atoms. The summed E-state index contributed by atoms with van der Waals surface area (Å²) < 4.78 is 6.10. The zero-order chi connectivity index (χ0) is 15.0. The molecule has 0 aromatic heterocycles. The molecule has 1 saturated carbocycles. The molecule has 0 saturated heterocycles. The first-order valence-corrected chi connectivity index (χ1v) is 8.43. The molecule has 3 heteroatoms. The van der Waals surface area contributed by atoms with Crippen molar-refractivity contribution in [2.75, 3.05) is 0 Å². The second-order valence-electron chi connectivity index (χ2n) is 6.14. The first kappa shape index (κ1) is 14.9. The molecule has 1 nitrogen and oxygen atoms in total. The van der Waals surface area contributed by atoms with E-state index in [2.05, 4.69) is 48.0 Å². The molecule has 0 amide bonds. The van der Waals surface area contributed by atoms with Crippen LogP contribution in [0.4, 0.5) is 0 Å². The van der Waals surface area contributed by atoms with Crippen LogP contribution >= 0.6 is 27.5 Å². The van der Waals surface area contributed by atoms with E-state index < -0.39 is 0 Å². The van der Waals surface area contributed by atoms with E-state index in [9.17, 15) is 0 Å². The van der Waals surface area contributed by atoms with Crippen LogP contribution in [0.15, 0.2) is 48.5 Å². The van der Waals surface area contributed by atoms with Gasteiger partial charge in [-0.25, -0.2) is 0 Å². The van der Waals surface area contributed by atoms with Crippen LogP contribution in [0.3, 0.4) is 0 Å². The number of hydrogen-bond donors (Lipinski definition) is 0. The summed E-state index contributed by atoms with van der Waals surface area (Å²) in [5.41, 5.74) is 2.41. The van der Waals surface area contributed by atoms with Gasteiger partial charge in [0.25, 0.3) is 0 Å². The Morgan fingerprint density at radius 3 is 2.38 bits per heavy atom. The molecule has 2 aromatic carbocycles. The molecular weight excluding hydrogens is 348 g/mol. The minimum Gasteiger partial charge on any atom is -0.488 e. The maximum absolute atomic E-state index is 6.40. The fraction of sp³-hybridized carbons (Fsp3) is 0.333. The average molecular weight is 366 g/mol. The van der Waals surface area contributed by atoms with E-state index >= 15 is 0 Å². The maximum Gasteiger partial charge on any atom is 0.138 e. The molecule has 21 heavy (non-hydrogen) atoms. The van der Waals surface area contributed by atoms with Crippen LogP contribution in [0.25, 0.3) is 11.1 Å². The van der Waals surface area contributed by atoms with Gasteiger partial charge in [0, 0.05) is 10.2 Å². The first-order chi connectivity index (χ1) is 9.98. The van der Waals surface area contributed by atoms with Gasteiger partial charge in [0.2, 0.25) is 0 Å². The Balaban J connectivity index is 1.80. The van der Waals surface area contributed by atoms with E-state index in [-0.39, 0.29) is 11.5 Å². The second-order valence-corrected chi connectivity index (χ2v) is 7.65. The molecule has 0 N–H and O–H groups in total. The van der Waals surface area contributed by atoms with Crippen LogP contribution in [0, 0.1) is 5.41 Å². The van der Waals surface area contributed by atoms with Crippen molar-refractivity contribution < 1.29 is 4.74 Å². The Morgan fingerprint density at radius 1 is 1.10 bits per heavy atom. The van der Waals surface area contributed by atoms with Crippen molar-refractivity contribution >= 4 is 27.5 Å². The van der Waals surface area contributed by atoms with Crippen molar-refractivity contribution in [3.05, 3.63) is 53.6 Å². The van der Waals surface area contributed by atoms with Gasteiger partial charge < -0.3 is 4.74 Å². The van der Waals surface area contributed by atoms with Gasteiger partial charge in [-0.15, -0.1) is 0 Å². The van der Waals surface area contributed by atoms with Gasteiger partial charge in [0.15, 0.2) is 0 Å². The maximum atomic E-state index is 6.40. The highest BCUT2D eigenvalue weighted by Crippen LogP contribution is 2.48. The van der Waals surface area contributed by atoms with Crippen LogP contribution in [0.1, 0.15) is 20.3 Å². The summed E-state index contributed by atoms with van der Waals surface area (Å²) in [7, 11) is 0. The second kappa shape index (κ2) is 5.66. The lowest BCUT2D eigenvalue weighted by molar-refractivity contribution is -0.00771. The van der Waals surface area contributed by atoms with Gasteiger partial charge >= 0.3 is 0 Å². The minimum atomic E-state index is 0.140. The Labute approximate surface area is 139 Å². The van der Waals surface area contributed by atoms with Gasteiger partial charge in [-0.2, -0.15) is 0 Å². The normalized spacial score (nSPS) is 23.4. The van der Waals surface area contributed by atoms with E-state index in [4.69, 9.17) is 16.3 Å². The Morgan fingerprint density at radius 2 is 1.81 bits per heavy atom. The minimum absolute atomic E-state index is 0.140. The predicted molar refractivity (Wildman–Crippen MR) is 92.4 cm³/mol. The highest BCUT2D eigenvalue weighted by molar-refractivity contribution is 9.09. The monoisotopic (exact) mass is 364 g/mol. The summed E-state index contributed by atoms with van der Waals surface area (Å²) in [5.74, 6) is 0.772. The van der Waals surface area contributed by atoms with E-state index in [0.29, 0.717) is 9.85 Å². The van der Waals surface area contributed by atoms with Crippen molar-refractivity contribution in [2.24, 2.45) is 5.41 Å². The number of halogens is 2. The highest BCUT2D eigenvalue weighted by atomic mass is 79.9. The third-order valence-electron chi connectivity index (χ3n) is 4.37. The van der Waals surface area contributed by atoms with Gasteiger partial charge in [-0.05, 0) is 29.7 Å². The van der Waals surface area contributed by atoms with E-state index in [1.54, 1.807) is 0 Å². The Kier molecular flexibility index (Phi) is 4.02. The third kappa shape index (κ3) is 2.84. The quantitative estimate of drug-likeness (QED) is 0.611. The van der Waals surface area contributed by atoms with Gasteiger partial charge in [0.05, 0.1) is 5.02 Å². The van der Waals surface area contributed by atoms with Crippen LogP contribution in [0.5, 0.6) is 5.75 Å². The van der Waals surface area contributed by atoms with E-state index in [0.717, 1.165) is 23.3 Å². The SMILES string of the molecule is CC1(C)C(Br)CC1Oc1ccc(-c2ccccc2)cc1Cl. The van der Waals surface area contributed by atoms with Crippen molar-refractivity contribution in [3.63, 3.8) is 0 Å². The van der Waals surface area contributed by atoms with Crippen LogP contribution in [-0.2, 0) is 0 Å². The number of rotatable bonds is 3. The zero-order valence-electron chi connectivity index (χ0n) is 12.1. The summed E-state index contributed by atoms with van der Waals surface area (Å²) in [5, 5.41) is 0.671. The van der Waals surface area contributed by atoms with Crippen molar-refractivity contribution in [3.8, 4) is 16.9 Å². The third-order valence-corrected chi connectivity index (χ3v) is 6.22. The summed E-state index contributed by atoms with van der Waals surface area (Å²) in [6.07, 6.45) is 1.23. The number of hydrogen-bond acceptors (Lipinski definition) is 1. The van der Waals surface area contributed by atoms with Gasteiger partial charge in [0.1, 0.15) is 11.9 Å². The standard InChI is InChI=1S/C18H18BrClO/c1-18(2)16(19)11-17(18)21-15-9-8-13(10-14(15)20)12-6-4-3-5-7-12/h3-10,16-17H,11H2,1-2H3. The molecule has 0 heterocycles. The largest absolute Gasteiger partial charge is 0.488 e. The molecule has 0 radical (unpaired) electrons. The molecule has 110 valence electrons. The number of benzene rings is 2. The summed E-state index contributed by atoms with van der Waals surface area (Å²) in [4.78, 5) is 0.511. The topological polar surface area (TPSA) is 9.23 Å². The van der Waals surface area contributed by atoms with Crippen LogP contribution in [0.2, 0.25) is 5.02 Å². The summed E-state index contributed by atoms with van der Waals surface area (Å²) in [6.45, 7) is 4.43. The molecule has 0 bridgehead atoms. The molecule has 2 unspecified atom stereocenters. The van der Waals surface area contributed by atoms with Crippen LogP contribution < -0.4 is 4.74 Å². The molecule has 0 aliphatic heterocycles. The fourth-order valence-corrected chi connectivity index (χ4v) is 3.46. The fourth-order valence-electron chi connectivity index (χ4n) is 2.60. The predicted octanol–water partition coefficient (Wildman–Crippen LogP) is 5.95. The van der Waals surface area contributed by atoms with Crippen LogP contribution in [-0.4, -0.2) is 10.9 Å².